The highest BCUT2D eigenvalue weighted by Gasteiger charge is 2.24. The number of hydrogen-bond donors (Lipinski definition) is 1. The van der Waals surface area contributed by atoms with Gasteiger partial charge in [-0.05, 0) is 56.8 Å². The van der Waals surface area contributed by atoms with E-state index in [1.807, 2.05) is 0 Å². The first-order valence-corrected chi connectivity index (χ1v) is 9.11. The maximum absolute atomic E-state index is 12.6. The van der Waals surface area contributed by atoms with Gasteiger partial charge in [-0.15, -0.1) is 0 Å². The molecule has 0 radical (unpaired) electrons. The van der Waals surface area contributed by atoms with E-state index in [1.165, 1.54) is 24.4 Å². The van der Waals surface area contributed by atoms with Crippen LogP contribution in [0.15, 0.2) is 44.3 Å². The smallest absolute Gasteiger partial charge is 0.387 e. The van der Waals surface area contributed by atoms with Gasteiger partial charge in [-0.25, -0.2) is 4.79 Å². The van der Waals surface area contributed by atoms with Crippen LogP contribution < -0.4 is 4.74 Å². The Bertz CT molecular complexity index is 761. The van der Waals surface area contributed by atoms with E-state index in [2.05, 4.69) is 48.2 Å². The first-order valence-electron chi connectivity index (χ1n) is 7.52. The monoisotopic (exact) mass is 493 g/mol. The molecule has 0 spiro atoms. The van der Waals surface area contributed by atoms with Crippen molar-refractivity contribution in [1.82, 2.24) is 0 Å². The van der Waals surface area contributed by atoms with Crippen LogP contribution >= 0.6 is 31.9 Å². The number of hydrogen-bond acceptors (Lipinski definition) is 5. The van der Waals surface area contributed by atoms with Crippen LogP contribution in [0.1, 0.15) is 18.4 Å². The van der Waals surface area contributed by atoms with Gasteiger partial charge < -0.3 is 14.6 Å². The Kier molecular flexibility index (Phi) is 7.33. The Labute approximate surface area is 165 Å². The molecule has 0 amide bonds. The minimum atomic E-state index is -3.06. The minimum absolute atomic E-state index is 0.0475. The summed E-state index contributed by atoms with van der Waals surface area (Å²) < 4.78 is 35.0. The molecule has 0 atom stereocenters. The average Bonchev–Trinajstić information content (AvgIpc) is 3.40. The summed E-state index contributed by atoms with van der Waals surface area (Å²) >= 11 is 6.23. The number of ether oxygens (including phenoxy) is 2. The number of aliphatic hydroxyl groups excluding tert-OH is 1. The van der Waals surface area contributed by atoms with E-state index in [-0.39, 0.29) is 38.5 Å². The van der Waals surface area contributed by atoms with Gasteiger partial charge in [0.1, 0.15) is 17.9 Å². The number of halogens is 4. The number of benzene rings is 1. The van der Waals surface area contributed by atoms with E-state index < -0.39 is 18.3 Å². The van der Waals surface area contributed by atoms with Crippen molar-refractivity contribution in [2.45, 2.75) is 25.5 Å². The molecule has 140 valence electrons. The highest BCUT2D eigenvalue weighted by molar-refractivity contribution is 9.11. The van der Waals surface area contributed by atoms with Gasteiger partial charge in [-0.2, -0.15) is 8.78 Å². The fourth-order valence-electron chi connectivity index (χ4n) is 1.88. The van der Waals surface area contributed by atoms with Crippen LogP contribution in [0.5, 0.6) is 5.75 Å². The molecule has 1 fully saturated rings. The van der Waals surface area contributed by atoms with Crippen molar-refractivity contribution < 1.29 is 28.2 Å². The summed E-state index contributed by atoms with van der Waals surface area (Å²) in [5.74, 6) is -1.48. The SMILES string of the molecule is C=CCOC(=O)C(C=NC1CC1)=C(O)c1ccc(Br)c(OC(F)F)c1Br. The van der Waals surface area contributed by atoms with Gasteiger partial charge in [0.2, 0.25) is 0 Å². The average molecular weight is 495 g/mol. The molecule has 0 saturated heterocycles. The first-order chi connectivity index (χ1) is 12.3. The van der Waals surface area contributed by atoms with Crippen molar-refractivity contribution in [2.75, 3.05) is 6.61 Å². The van der Waals surface area contributed by atoms with Gasteiger partial charge >= 0.3 is 12.6 Å². The van der Waals surface area contributed by atoms with E-state index in [4.69, 9.17) is 4.74 Å². The number of esters is 1. The van der Waals surface area contributed by atoms with Crippen LogP contribution in [-0.4, -0.2) is 36.6 Å². The largest absolute Gasteiger partial charge is 0.506 e. The molecule has 1 saturated carbocycles. The molecule has 1 N–H and O–H groups in total. The third-order valence-corrected chi connectivity index (χ3v) is 4.69. The Morgan fingerprint density at radius 2 is 2.12 bits per heavy atom. The van der Waals surface area contributed by atoms with Crippen LogP contribution in [0, 0.1) is 0 Å². The topological polar surface area (TPSA) is 68.1 Å². The van der Waals surface area contributed by atoms with Gasteiger partial charge in [-0.1, -0.05) is 12.7 Å². The second-order valence-corrected chi connectivity index (χ2v) is 6.92. The maximum atomic E-state index is 12.6. The Hall–Kier alpha value is -1.74. The molecule has 26 heavy (non-hydrogen) atoms. The molecule has 1 aromatic rings. The number of carbonyl (C=O) groups is 1. The first kappa shape index (κ1) is 20.6. The lowest BCUT2D eigenvalue weighted by Crippen LogP contribution is -2.12. The molecule has 0 unspecified atom stereocenters. The molecular formula is C17H15Br2F2NO4. The van der Waals surface area contributed by atoms with Crippen LogP contribution in [-0.2, 0) is 9.53 Å². The number of rotatable bonds is 8. The van der Waals surface area contributed by atoms with Crippen molar-refractivity contribution in [1.29, 1.82) is 0 Å². The summed E-state index contributed by atoms with van der Waals surface area (Å²) in [6, 6.07) is 2.96. The van der Waals surface area contributed by atoms with Crippen LogP contribution in [0.3, 0.4) is 0 Å². The lowest BCUT2D eigenvalue weighted by molar-refractivity contribution is -0.137. The zero-order valence-electron chi connectivity index (χ0n) is 13.4. The van der Waals surface area contributed by atoms with Crippen LogP contribution in [0.2, 0.25) is 0 Å². The van der Waals surface area contributed by atoms with E-state index in [0.29, 0.717) is 0 Å². The maximum Gasteiger partial charge on any atom is 0.387 e. The van der Waals surface area contributed by atoms with E-state index in [1.54, 1.807) is 0 Å². The lowest BCUT2D eigenvalue weighted by atomic mass is 10.1. The standard InChI is InChI=1S/C17H15Br2F2NO4/c1-2-7-25-16(24)11(8-22-9-3-4-9)14(23)10-5-6-12(18)15(13(10)19)26-17(20)21/h2,5-6,8-9,17,23H,1,3-4,7H2. The predicted octanol–water partition coefficient (Wildman–Crippen LogP) is 5.04. The molecule has 0 aliphatic heterocycles. The molecule has 5 nitrogen and oxygen atoms in total. The van der Waals surface area contributed by atoms with Crippen LogP contribution in [0.4, 0.5) is 8.78 Å². The minimum Gasteiger partial charge on any atom is -0.506 e. The summed E-state index contributed by atoms with van der Waals surface area (Å²) in [5.41, 5.74) is -0.110. The van der Waals surface area contributed by atoms with Gasteiger partial charge in [0.25, 0.3) is 0 Å². The second-order valence-electron chi connectivity index (χ2n) is 5.28. The summed E-state index contributed by atoms with van der Waals surface area (Å²) in [6.07, 6.45) is 4.43. The fraction of sp³-hybridized carbons (Fsp3) is 0.294. The van der Waals surface area contributed by atoms with Crippen molar-refractivity contribution in [3.63, 3.8) is 0 Å². The predicted molar refractivity (Wildman–Crippen MR) is 101 cm³/mol. The quantitative estimate of drug-likeness (QED) is 0.181. The lowest BCUT2D eigenvalue weighted by Gasteiger charge is -2.14. The van der Waals surface area contributed by atoms with Gasteiger partial charge in [0.15, 0.2) is 5.75 Å². The highest BCUT2D eigenvalue weighted by Crippen LogP contribution is 2.39. The number of carbonyl (C=O) groups excluding carboxylic acids is 1. The highest BCUT2D eigenvalue weighted by atomic mass is 79.9. The normalized spacial score (nSPS) is 15.1. The molecule has 1 aliphatic rings. The second kappa shape index (κ2) is 9.27. The van der Waals surface area contributed by atoms with Crippen molar-refractivity contribution in [2.24, 2.45) is 4.99 Å². The number of alkyl halides is 2. The fourth-order valence-corrected chi connectivity index (χ4v) is 3.20. The number of aliphatic hydroxyl groups is 1. The summed E-state index contributed by atoms with van der Waals surface area (Å²) in [6.45, 7) is 0.347. The molecule has 2 rings (SSSR count). The summed E-state index contributed by atoms with van der Waals surface area (Å²) in [5, 5.41) is 10.6. The zero-order chi connectivity index (χ0) is 19.3. The van der Waals surface area contributed by atoms with Crippen LogP contribution in [0.25, 0.3) is 5.76 Å². The molecular weight excluding hydrogens is 480 g/mol. The number of aliphatic imine (C=N–C) groups is 1. The zero-order valence-corrected chi connectivity index (χ0v) is 16.6. The van der Waals surface area contributed by atoms with Gasteiger partial charge in [0, 0.05) is 11.8 Å². The molecule has 0 aromatic heterocycles. The molecule has 1 aromatic carbocycles. The van der Waals surface area contributed by atoms with Crippen molar-refractivity contribution in [3.05, 3.63) is 44.9 Å². The van der Waals surface area contributed by atoms with E-state index in [0.717, 1.165) is 12.8 Å². The molecule has 0 bridgehead atoms. The number of nitrogens with zero attached hydrogens (tertiary/aromatic N) is 1. The Balaban J connectivity index is 2.48. The summed E-state index contributed by atoms with van der Waals surface area (Å²) in [4.78, 5) is 16.4. The molecule has 0 heterocycles. The Morgan fingerprint density at radius 1 is 1.42 bits per heavy atom. The van der Waals surface area contributed by atoms with Crippen molar-refractivity contribution in [3.8, 4) is 5.75 Å². The Morgan fingerprint density at radius 3 is 2.69 bits per heavy atom. The van der Waals surface area contributed by atoms with Gasteiger partial charge in [0.05, 0.1) is 15.0 Å². The van der Waals surface area contributed by atoms with Crippen molar-refractivity contribution >= 4 is 49.8 Å². The van der Waals surface area contributed by atoms with E-state index >= 15 is 0 Å². The molecule has 9 heteroatoms. The third-order valence-electron chi connectivity index (χ3n) is 3.28. The summed E-state index contributed by atoms with van der Waals surface area (Å²) in [7, 11) is 0. The third kappa shape index (κ3) is 5.38. The van der Waals surface area contributed by atoms with Gasteiger partial charge in [-0.3, -0.25) is 4.99 Å². The molecule has 1 aliphatic carbocycles. The van der Waals surface area contributed by atoms with E-state index in [9.17, 15) is 18.7 Å².